The summed E-state index contributed by atoms with van der Waals surface area (Å²) in [7, 11) is 0. The Morgan fingerprint density at radius 3 is 2.29 bits per heavy atom. The molecule has 2 aromatic carbocycles. The molecule has 5 rings (SSSR count). The van der Waals surface area contributed by atoms with Crippen LogP contribution in [0.5, 0.6) is 0 Å². The van der Waals surface area contributed by atoms with Crippen molar-refractivity contribution in [2.24, 2.45) is 5.92 Å². The zero-order valence-corrected chi connectivity index (χ0v) is 21.2. The lowest BCUT2D eigenvalue weighted by Crippen LogP contribution is -2.39. The summed E-state index contributed by atoms with van der Waals surface area (Å²) in [6.45, 7) is 9.51. The Morgan fingerprint density at radius 2 is 1.63 bits per heavy atom. The van der Waals surface area contributed by atoms with Crippen LogP contribution in [0.15, 0.2) is 42.5 Å². The number of anilines is 2. The van der Waals surface area contributed by atoms with E-state index in [9.17, 15) is 4.79 Å². The average Bonchev–Trinajstić information content (AvgIpc) is 3.20. The van der Waals surface area contributed by atoms with Crippen LogP contribution in [0.3, 0.4) is 0 Å². The van der Waals surface area contributed by atoms with Crippen LogP contribution in [0.25, 0.3) is 16.6 Å². The summed E-state index contributed by atoms with van der Waals surface area (Å²) in [5.41, 5.74) is 6.73. The lowest BCUT2D eigenvalue weighted by Gasteiger charge is -2.32. The fourth-order valence-electron chi connectivity index (χ4n) is 4.95. The van der Waals surface area contributed by atoms with Gasteiger partial charge in [-0.2, -0.15) is 10.2 Å². The van der Waals surface area contributed by atoms with Crippen LogP contribution in [0.4, 0.5) is 11.5 Å². The third-order valence-corrected chi connectivity index (χ3v) is 7.20. The van der Waals surface area contributed by atoms with Crippen LogP contribution in [-0.2, 0) is 4.79 Å². The molecule has 0 saturated carbocycles. The first-order valence-corrected chi connectivity index (χ1v) is 12.3. The largest absolute Gasteiger partial charge is 0.353 e. The number of carbonyl (C=O) groups is 1. The van der Waals surface area contributed by atoms with Crippen LogP contribution in [0, 0.1) is 33.6 Å². The molecule has 35 heavy (non-hydrogen) atoms. The number of amides is 1. The highest BCUT2D eigenvalue weighted by Crippen LogP contribution is 2.32. The van der Waals surface area contributed by atoms with Gasteiger partial charge in [-0.05, 0) is 75.9 Å². The predicted molar refractivity (Wildman–Crippen MR) is 141 cm³/mol. The Balaban J connectivity index is 1.37. The van der Waals surface area contributed by atoms with Gasteiger partial charge in [-0.15, -0.1) is 5.10 Å². The van der Waals surface area contributed by atoms with Crippen LogP contribution in [-0.4, -0.2) is 39.0 Å². The van der Waals surface area contributed by atoms with E-state index in [4.69, 9.17) is 16.7 Å². The van der Waals surface area contributed by atoms with Crippen molar-refractivity contribution in [3.8, 4) is 5.69 Å². The van der Waals surface area contributed by atoms with Crippen molar-refractivity contribution in [1.82, 2.24) is 20.0 Å². The number of para-hydroxylation sites is 1. The van der Waals surface area contributed by atoms with Crippen molar-refractivity contribution in [3.63, 3.8) is 0 Å². The van der Waals surface area contributed by atoms with Gasteiger partial charge in [0.25, 0.3) is 0 Å². The molecule has 2 aromatic heterocycles. The van der Waals surface area contributed by atoms with Gasteiger partial charge in [0.05, 0.1) is 22.5 Å². The fraction of sp³-hybridized carbons (Fsp3) is 0.333. The van der Waals surface area contributed by atoms with E-state index in [0.717, 1.165) is 76.5 Å². The summed E-state index contributed by atoms with van der Waals surface area (Å²) in [6, 6.07) is 13.7. The molecule has 1 fully saturated rings. The SMILES string of the molecule is Cc1cccc(C)c1NC(=O)C1CCN(c2nnc(C)c3c(C)n(-c4ccc(Cl)cc4)nc23)CC1. The molecule has 3 heterocycles. The summed E-state index contributed by atoms with van der Waals surface area (Å²) in [4.78, 5) is 15.2. The maximum absolute atomic E-state index is 13.0. The van der Waals surface area contributed by atoms with E-state index in [0.29, 0.717) is 5.02 Å². The Kier molecular flexibility index (Phi) is 6.19. The highest BCUT2D eigenvalue weighted by atomic mass is 35.5. The van der Waals surface area contributed by atoms with Crippen LogP contribution < -0.4 is 10.2 Å². The molecule has 1 aliphatic heterocycles. The summed E-state index contributed by atoms with van der Waals surface area (Å²) >= 11 is 6.08. The molecule has 1 N–H and O–H groups in total. The van der Waals surface area contributed by atoms with Gasteiger partial charge in [0.15, 0.2) is 5.82 Å². The van der Waals surface area contributed by atoms with Gasteiger partial charge < -0.3 is 10.2 Å². The molecule has 8 heteroatoms. The quantitative estimate of drug-likeness (QED) is 0.407. The highest BCUT2D eigenvalue weighted by molar-refractivity contribution is 6.30. The van der Waals surface area contributed by atoms with Crippen molar-refractivity contribution in [3.05, 3.63) is 70.0 Å². The number of aryl methyl sites for hydroxylation is 4. The number of nitrogens with zero attached hydrogens (tertiary/aromatic N) is 5. The van der Waals surface area contributed by atoms with Gasteiger partial charge in [0.1, 0.15) is 5.52 Å². The second-order valence-corrected chi connectivity index (χ2v) is 9.76. The van der Waals surface area contributed by atoms with Gasteiger partial charge in [0, 0.05) is 29.7 Å². The van der Waals surface area contributed by atoms with Crippen molar-refractivity contribution < 1.29 is 4.79 Å². The smallest absolute Gasteiger partial charge is 0.227 e. The number of rotatable bonds is 4. The Morgan fingerprint density at radius 1 is 0.971 bits per heavy atom. The van der Waals surface area contributed by atoms with Crippen LogP contribution in [0.2, 0.25) is 5.02 Å². The zero-order chi connectivity index (χ0) is 24.7. The predicted octanol–water partition coefficient (Wildman–Crippen LogP) is 5.56. The lowest BCUT2D eigenvalue weighted by molar-refractivity contribution is -0.120. The van der Waals surface area contributed by atoms with Gasteiger partial charge >= 0.3 is 0 Å². The summed E-state index contributed by atoms with van der Waals surface area (Å²) < 4.78 is 1.92. The topological polar surface area (TPSA) is 75.9 Å². The lowest BCUT2D eigenvalue weighted by atomic mass is 9.95. The van der Waals surface area contributed by atoms with E-state index in [2.05, 4.69) is 20.4 Å². The molecule has 1 saturated heterocycles. The fourth-order valence-corrected chi connectivity index (χ4v) is 5.07. The van der Waals surface area contributed by atoms with Gasteiger partial charge in [-0.3, -0.25) is 4.79 Å². The number of fused-ring (bicyclic) bond motifs is 1. The zero-order valence-electron chi connectivity index (χ0n) is 20.5. The molecule has 0 unspecified atom stereocenters. The summed E-state index contributed by atoms with van der Waals surface area (Å²) in [6.07, 6.45) is 1.51. The van der Waals surface area contributed by atoms with Gasteiger partial charge in [-0.1, -0.05) is 29.8 Å². The summed E-state index contributed by atoms with van der Waals surface area (Å²) in [5.74, 6) is 0.826. The Bertz CT molecular complexity index is 1380. The first kappa shape index (κ1) is 23.3. The second kappa shape index (κ2) is 9.30. The molecular formula is C27H29ClN6O. The number of hydrogen-bond donors (Lipinski definition) is 1. The minimum absolute atomic E-state index is 0.0347. The van der Waals surface area contributed by atoms with Gasteiger partial charge in [0.2, 0.25) is 5.91 Å². The number of carbonyl (C=O) groups excluding carboxylic acids is 1. The molecule has 7 nitrogen and oxygen atoms in total. The molecule has 180 valence electrons. The minimum Gasteiger partial charge on any atom is -0.353 e. The molecular weight excluding hydrogens is 460 g/mol. The van der Waals surface area contributed by atoms with Crippen molar-refractivity contribution >= 4 is 39.9 Å². The number of aromatic nitrogens is 4. The van der Waals surface area contributed by atoms with Gasteiger partial charge in [-0.25, -0.2) is 4.68 Å². The highest BCUT2D eigenvalue weighted by Gasteiger charge is 2.28. The average molecular weight is 489 g/mol. The Hall–Kier alpha value is -3.45. The molecule has 0 bridgehead atoms. The Labute approximate surface area is 210 Å². The monoisotopic (exact) mass is 488 g/mol. The molecule has 0 radical (unpaired) electrons. The maximum atomic E-state index is 13.0. The van der Waals surface area contributed by atoms with E-state index in [1.807, 2.05) is 74.8 Å². The molecule has 4 aromatic rings. The third-order valence-electron chi connectivity index (χ3n) is 6.95. The number of benzene rings is 2. The molecule has 0 aliphatic carbocycles. The van der Waals surface area contributed by atoms with E-state index in [1.54, 1.807) is 0 Å². The molecule has 1 aliphatic rings. The first-order valence-electron chi connectivity index (χ1n) is 11.9. The molecule has 1 amide bonds. The van der Waals surface area contributed by atoms with Crippen LogP contribution >= 0.6 is 11.6 Å². The normalized spacial score (nSPS) is 14.5. The second-order valence-electron chi connectivity index (χ2n) is 9.32. The van der Waals surface area contributed by atoms with E-state index in [1.165, 1.54) is 0 Å². The molecule has 0 spiro atoms. The van der Waals surface area contributed by atoms with E-state index in [-0.39, 0.29) is 11.8 Å². The molecule has 0 atom stereocenters. The first-order chi connectivity index (χ1) is 16.8. The standard InChI is InChI=1S/C27H29ClN6O/c1-16-6-5-7-17(2)24(16)29-27(35)20-12-14-33(15-13-20)26-25-23(18(3)30-31-26)19(4)34(32-25)22-10-8-21(28)9-11-22/h5-11,20H,12-15H2,1-4H3,(H,29,35). The number of nitrogens with one attached hydrogen (secondary N) is 1. The summed E-state index contributed by atoms with van der Waals surface area (Å²) in [5, 5.41) is 18.8. The number of halogens is 1. The van der Waals surface area contributed by atoms with E-state index >= 15 is 0 Å². The van der Waals surface area contributed by atoms with Crippen molar-refractivity contribution in [1.29, 1.82) is 0 Å². The number of piperidine rings is 1. The van der Waals surface area contributed by atoms with Crippen molar-refractivity contribution in [2.45, 2.75) is 40.5 Å². The minimum atomic E-state index is -0.0347. The van der Waals surface area contributed by atoms with Crippen molar-refractivity contribution in [2.75, 3.05) is 23.3 Å². The third kappa shape index (κ3) is 4.36. The maximum Gasteiger partial charge on any atom is 0.227 e. The van der Waals surface area contributed by atoms with E-state index < -0.39 is 0 Å². The number of hydrogen-bond acceptors (Lipinski definition) is 5. The van der Waals surface area contributed by atoms with Crippen LogP contribution in [0.1, 0.15) is 35.4 Å².